The van der Waals surface area contributed by atoms with Gasteiger partial charge in [0.2, 0.25) is 5.89 Å². The van der Waals surface area contributed by atoms with Gasteiger partial charge in [0.25, 0.3) is 0 Å². The molecule has 0 spiro atoms. The molecule has 0 amide bonds. The Morgan fingerprint density at radius 3 is 1.47 bits per heavy atom. The molecule has 4 aromatic carbocycles. The van der Waals surface area contributed by atoms with Crippen molar-refractivity contribution in [2.75, 3.05) is 0 Å². The monoisotopic (exact) mass is 630 g/mol. The second kappa shape index (κ2) is 10.8. The van der Waals surface area contributed by atoms with Gasteiger partial charge in [-0.25, -0.2) is 29.9 Å². The van der Waals surface area contributed by atoms with E-state index < -0.39 is 0 Å². The number of nitrogens with zero attached hydrogens (tertiary/aromatic N) is 8. The second-order valence-electron chi connectivity index (χ2n) is 11.7. The Morgan fingerprint density at radius 1 is 0.367 bits per heavy atom. The summed E-state index contributed by atoms with van der Waals surface area (Å²) in [6.07, 6.45) is 3.56. The number of pyridine rings is 4. The van der Waals surface area contributed by atoms with Gasteiger partial charge < -0.3 is 4.42 Å². The van der Waals surface area contributed by atoms with Crippen LogP contribution in [0.15, 0.2) is 138 Å². The van der Waals surface area contributed by atoms with E-state index in [2.05, 4.69) is 39.2 Å². The Kier molecular flexibility index (Phi) is 5.97. The van der Waals surface area contributed by atoms with E-state index in [4.69, 9.17) is 29.3 Å². The van der Waals surface area contributed by atoms with Crippen molar-refractivity contribution in [3.05, 3.63) is 134 Å². The summed E-state index contributed by atoms with van der Waals surface area (Å²) in [7, 11) is 0. The zero-order chi connectivity index (χ0) is 32.3. The molecule has 6 aromatic heterocycles. The Bertz CT molecular complexity index is 2730. The summed E-state index contributed by atoms with van der Waals surface area (Å²) in [4.78, 5) is 38.8. The molecule has 49 heavy (non-hydrogen) atoms. The first-order valence-corrected chi connectivity index (χ1v) is 15.8. The number of oxazole rings is 1. The molecule has 0 aliphatic carbocycles. The number of benzene rings is 4. The fraction of sp³-hybridized carbons (Fsp3) is 0. The van der Waals surface area contributed by atoms with Crippen molar-refractivity contribution >= 4 is 54.7 Å². The molecule has 0 bridgehead atoms. The third kappa shape index (κ3) is 4.63. The summed E-state index contributed by atoms with van der Waals surface area (Å²) in [5.74, 6) is 1.89. The molecule has 0 saturated carbocycles. The van der Waals surface area contributed by atoms with Crippen LogP contribution < -0.4 is 0 Å². The molecule has 0 aliphatic rings. The zero-order valence-electron chi connectivity index (χ0n) is 25.7. The fourth-order valence-corrected chi connectivity index (χ4v) is 6.19. The van der Waals surface area contributed by atoms with Gasteiger partial charge in [-0.1, -0.05) is 72.8 Å². The van der Waals surface area contributed by atoms with Gasteiger partial charge in [0.05, 0.1) is 22.1 Å². The van der Waals surface area contributed by atoms with Crippen molar-refractivity contribution in [1.29, 1.82) is 0 Å². The molecule has 0 fully saturated rings. The van der Waals surface area contributed by atoms with Gasteiger partial charge >= 0.3 is 0 Å². The van der Waals surface area contributed by atoms with Gasteiger partial charge in [0.1, 0.15) is 16.9 Å². The summed E-state index contributed by atoms with van der Waals surface area (Å²) < 4.78 is 6.01. The van der Waals surface area contributed by atoms with Crippen LogP contribution in [0.5, 0.6) is 0 Å². The molecule has 0 N–H and O–H groups in total. The molecule has 9 heteroatoms. The third-order valence-corrected chi connectivity index (χ3v) is 8.64. The average Bonchev–Trinajstić information content (AvgIpc) is 3.62. The van der Waals surface area contributed by atoms with Crippen molar-refractivity contribution in [3.8, 4) is 45.9 Å². The fourth-order valence-electron chi connectivity index (χ4n) is 6.19. The van der Waals surface area contributed by atoms with E-state index in [0.29, 0.717) is 34.8 Å². The zero-order valence-corrected chi connectivity index (χ0v) is 25.7. The lowest BCUT2D eigenvalue weighted by Crippen LogP contribution is -2.02. The third-order valence-electron chi connectivity index (χ3n) is 8.64. The number of fused-ring (bicyclic) bond motifs is 7. The first-order chi connectivity index (χ1) is 24.2. The van der Waals surface area contributed by atoms with Gasteiger partial charge in [-0.05, 0) is 48.5 Å². The first-order valence-electron chi connectivity index (χ1n) is 15.8. The minimum atomic E-state index is 0.427. The Morgan fingerprint density at radius 2 is 0.878 bits per heavy atom. The minimum absolute atomic E-state index is 0.427. The van der Waals surface area contributed by atoms with Crippen LogP contribution in [0, 0.1) is 0 Å². The van der Waals surface area contributed by atoms with Crippen LogP contribution in [0.1, 0.15) is 0 Å². The SMILES string of the molecule is c1cnc2c(c1)ccc1ccc(-c3nc(-c4ccc(-c5nc6ccccc6o5)cc4)nc(-c4ccc5ccc6cccnc6c5n4)n3)nc12. The van der Waals surface area contributed by atoms with Gasteiger partial charge in [-0.15, -0.1) is 0 Å². The maximum atomic E-state index is 6.01. The number of aromatic nitrogens is 8. The molecule has 0 atom stereocenters. The highest BCUT2D eigenvalue weighted by Gasteiger charge is 2.17. The molecule has 0 radical (unpaired) electrons. The lowest BCUT2D eigenvalue weighted by Gasteiger charge is -2.10. The maximum Gasteiger partial charge on any atom is 0.227 e. The molecule has 10 rings (SSSR count). The van der Waals surface area contributed by atoms with E-state index in [-0.39, 0.29) is 0 Å². The summed E-state index contributed by atoms with van der Waals surface area (Å²) in [6, 6.07) is 39.6. The molecule has 228 valence electrons. The summed E-state index contributed by atoms with van der Waals surface area (Å²) >= 11 is 0. The predicted molar refractivity (Wildman–Crippen MR) is 190 cm³/mol. The van der Waals surface area contributed by atoms with Crippen LogP contribution in [-0.2, 0) is 0 Å². The number of hydrogen-bond acceptors (Lipinski definition) is 9. The molecule has 0 unspecified atom stereocenters. The largest absolute Gasteiger partial charge is 0.436 e. The molecular formula is C40H22N8O. The van der Waals surface area contributed by atoms with Crippen LogP contribution in [0.2, 0.25) is 0 Å². The topological polar surface area (TPSA) is 116 Å². The molecular weight excluding hydrogens is 608 g/mol. The molecule has 0 aliphatic heterocycles. The normalized spacial score (nSPS) is 11.7. The number of para-hydroxylation sites is 2. The van der Waals surface area contributed by atoms with E-state index in [1.807, 2.05) is 97.1 Å². The van der Waals surface area contributed by atoms with Crippen molar-refractivity contribution < 1.29 is 4.42 Å². The molecule has 10 aromatic rings. The van der Waals surface area contributed by atoms with Crippen LogP contribution in [0.3, 0.4) is 0 Å². The standard InChI is InChI=1S/C40H22N8O/c1-2-8-32-29(7-1)45-40(49-32)28-15-13-27(14-16-28)37-46-38(30-19-17-25-11-9-23-5-3-21-41-33(23)35(25)43-30)48-39(47-37)31-20-18-26-12-10-24-6-4-22-42-34(24)36(26)44-31/h1-22H. The molecule has 6 heterocycles. The van der Waals surface area contributed by atoms with E-state index in [0.717, 1.165) is 65.8 Å². The van der Waals surface area contributed by atoms with Crippen LogP contribution in [-0.4, -0.2) is 39.9 Å². The highest BCUT2D eigenvalue weighted by atomic mass is 16.3. The quantitative estimate of drug-likeness (QED) is 0.176. The lowest BCUT2D eigenvalue weighted by molar-refractivity contribution is 0.620. The Labute approximate surface area is 278 Å². The van der Waals surface area contributed by atoms with Gasteiger partial charge in [0.15, 0.2) is 23.1 Å². The van der Waals surface area contributed by atoms with Gasteiger partial charge in [0, 0.05) is 45.1 Å². The van der Waals surface area contributed by atoms with Crippen LogP contribution in [0.25, 0.3) is 101 Å². The predicted octanol–water partition coefficient (Wildman–Crippen LogP) is 8.87. The lowest BCUT2D eigenvalue weighted by atomic mass is 10.1. The van der Waals surface area contributed by atoms with Crippen molar-refractivity contribution in [2.45, 2.75) is 0 Å². The van der Waals surface area contributed by atoms with Crippen LogP contribution in [0.4, 0.5) is 0 Å². The van der Waals surface area contributed by atoms with Gasteiger partial charge in [-0.2, -0.15) is 0 Å². The van der Waals surface area contributed by atoms with E-state index in [9.17, 15) is 0 Å². The maximum absolute atomic E-state index is 6.01. The summed E-state index contributed by atoms with van der Waals surface area (Å²) in [5, 5.41) is 3.98. The van der Waals surface area contributed by atoms with Crippen LogP contribution >= 0.6 is 0 Å². The average molecular weight is 631 g/mol. The van der Waals surface area contributed by atoms with Crippen molar-refractivity contribution in [1.82, 2.24) is 39.9 Å². The Balaban J connectivity index is 1.15. The smallest absolute Gasteiger partial charge is 0.227 e. The first kappa shape index (κ1) is 27.1. The van der Waals surface area contributed by atoms with E-state index in [1.54, 1.807) is 12.4 Å². The summed E-state index contributed by atoms with van der Waals surface area (Å²) in [5.41, 5.74) is 7.61. The van der Waals surface area contributed by atoms with E-state index >= 15 is 0 Å². The molecule has 0 saturated heterocycles. The summed E-state index contributed by atoms with van der Waals surface area (Å²) in [6.45, 7) is 0. The Hall–Kier alpha value is -7.00. The van der Waals surface area contributed by atoms with Gasteiger partial charge in [-0.3, -0.25) is 9.97 Å². The highest BCUT2D eigenvalue weighted by Crippen LogP contribution is 2.31. The minimum Gasteiger partial charge on any atom is -0.436 e. The van der Waals surface area contributed by atoms with Crippen molar-refractivity contribution in [2.24, 2.45) is 0 Å². The number of hydrogen-bond donors (Lipinski definition) is 0. The van der Waals surface area contributed by atoms with E-state index in [1.165, 1.54) is 0 Å². The van der Waals surface area contributed by atoms with Crippen molar-refractivity contribution in [3.63, 3.8) is 0 Å². The molecule has 9 nitrogen and oxygen atoms in total. The highest BCUT2D eigenvalue weighted by molar-refractivity contribution is 6.04. The second-order valence-corrected chi connectivity index (χ2v) is 11.7. The number of rotatable bonds is 4.